The number of carbonyl (C=O) groups is 2. The molecule has 0 radical (unpaired) electrons. The highest BCUT2D eigenvalue weighted by molar-refractivity contribution is 6.03. The Kier molecular flexibility index (Phi) is 6.88. The quantitative estimate of drug-likeness (QED) is 0.478. The molecule has 2 heterocycles. The monoisotopic (exact) mass is 446 g/mol. The molecule has 2 aromatic carbocycles. The molecule has 7 heteroatoms. The van der Waals surface area contributed by atoms with E-state index in [0.29, 0.717) is 18.6 Å². The lowest BCUT2D eigenvalue weighted by Gasteiger charge is -2.19. The minimum atomic E-state index is -0.435. The fourth-order valence-corrected chi connectivity index (χ4v) is 3.68. The zero-order chi connectivity index (χ0) is 23.2. The third-order valence-electron chi connectivity index (χ3n) is 5.56. The summed E-state index contributed by atoms with van der Waals surface area (Å²) in [5.74, 6) is 0.571. The molecule has 0 aliphatic carbocycles. The molecule has 4 rings (SSSR count). The van der Waals surface area contributed by atoms with E-state index in [0.717, 1.165) is 28.2 Å². The van der Waals surface area contributed by atoms with Crippen LogP contribution in [-0.2, 0) is 20.7 Å². The molecule has 1 aromatic heterocycles. The summed E-state index contributed by atoms with van der Waals surface area (Å²) < 4.78 is 15.9. The minimum Gasteiger partial charge on any atom is -0.497 e. The van der Waals surface area contributed by atoms with E-state index in [2.05, 4.69) is 5.10 Å². The van der Waals surface area contributed by atoms with E-state index < -0.39 is 11.9 Å². The van der Waals surface area contributed by atoms with E-state index in [4.69, 9.17) is 13.9 Å². The fourth-order valence-electron chi connectivity index (χ4n) is 3.68. The van der Waals surface area contributed by atoms with E-state index in [9.17, 15) is 9.59 Å². The number of rotatable bonds is 8. The molecular weight excluding hydrogens is 420 g/mol. The number of esters is 1. The minimum absolute atomic E-state index is 0.180. The van der Waals surface area contributed by atoms with Crippen LogP contribution in [0, 0.1) is 6.92 Å². The van der Waals surface area contributed by atoms with Crippen LogP contribution in [0.5, 0.6) is 5.75 Å². The normalized spacial score (nSPS) is 15.3. The summed E-state index contributed by atoms with van der Waals surface area (Å²) in [7, 11) is 1.61. The SMILES string of the molecule is COc1ccc(CCC(=O)OCC(=O)N2N=C(c3ccc(C)cc3)CC2c2ccco2)cc1. The van der Waals surface area contributed by atoms with Crippen molar-refractivity contribution in [1.29, 1.82) is 0 Å². The molecule has 1 unspecified atom stereocenters. The Morgan fingerprint density at radius 2 is 1.85 bits per heavy atom. The zero-order valence-electron chi connectivity index (χ0n) is 18.7. The smallest absolute Gasteiger partial charge is 0.306 e. The van der Waals surface area contributed by atoms with E-state index >= 15 is 0 Å². The molecule has 0 spiro atoms. The molecule has 1 amide bonds. The predicted molar refractivity (Wildman–Crippen MR) is 123 cm³/mol. The summed E-state index contributed by atoms with van der Waals surface area (Å²) in [5, 5.41) is 5.92. The van der Waals surface area contributed by atoms with Crippen LogP contribution in [0.3, 0.4) is 0 Å². The maximum absolute atomic E-state index is 12.9. The highest BCUT2D eigenvalue weighted by atomic mass is 16.5. The molecule has 1 aliphatic rings. The van der Waals surface area contributed by atoms with Gasteiger partial charge in [0.1, 0.15) is 17.6 Å². The molecule has 0 bridgehead atoms. The van der Waals surface area contributed by atoms with Crippen LogP contribution in [-0.4, -0.2) is 36.3 Å². The Balaban J connectivity index is 1.37. The second-order valence-electron chi connectivity index (χ2n) is 7.90. The Labute approximate surface area is 192 Å². The molecule has 33 heavy (non-hydrogen) atoms. The number of amides is 1. The van der Waals surface area contributed by atoms with Gasteiger partial charge in [0.05, 0.1) is 19.1 Å². The molecule has 0 N–H and O–H groups in total. The Morgan fingerprint density at radius 3 is 2.52 bits per heavy atom. The van der Waals surface area contributed by atoms with Gasteiger partial charge >= 0.3 is 5.97 Å². The fraction of sp³-hybridized carbons (Fsp3) is 0.269. The van der Waals surface area contributed by atoms with Gasteiger partial charge in [-0.05, 0) is 48.7 Å². The molecule has 1 aliphatic heterocycles. The van der Waals surface area contributed by atoms with Crippen LogP contribution in [0.25, 0.3) is 0 Å². The van der Waals surface area contributed by atoms with Crippen LogP contribution < -0.4 is 4.74 Å². The highest BCUT2D eigenvalue weighted by Gasteiger charge is 2.35. The first-order chi connectivity index (χ1) is 16.0. The second kappa shape index (κ2) is 10.2. The lowest BCUT2D eigenvalue weighted by atomic mass is 10.0. The first kappa shape index (κ1) is 22.3. The van der Waals surface area contributed by atoms with Crippen LogP contribution >= 0.6 is 0 Å². The number of hydrogen-bond acceptors (Lipinski definition) is 6. The first-order valence-electron chi connectivity index (χ1n) is 10.8. The topological polar surface area (TPSA) is 81.3 Å². The van der Waals surface area contributed by atoms with Crippen molar-refractivity contribution in [3.8, 4) is 5.75 Å². The Bertz CT molecular complexity index is 1120. The number of carbonyl (C=O) groups excluding carboxylic acids is 2. The molecule has 170 valence electrons. The number of nitrogens with zero attached hydrogens (tertiary/aromatic N) is 2. The van der Waals surface area contributed by atoms with E-state index in [1.807, 2.05) is 61.5 Å². The average Bonchev–Trinajstić information content (AvgIpc) is 3.52. The maximum Gasteiger partial charge on any atom is 0.306 e. The van der Waals surface area contributed by atoms with Crippen molar-refractivity contribution in [2.75, 3.05) is 13.7 Å². The van der Waals surface area contributed by atoms with Crippen LogP contribution in [0.1, 0.15) is 41.3 Å². The summed E-state index contributed by atoms with van der Waals surface area (Å²) in [4.78, 5) is 25.1. The molecule has 0 saturated heterocycles. The Hall–Kier alpha value is -3.87. The average molecular weight is 447 g/mol. The van der Waals surface area contributed by atoms with Crippen molar-refractivity contribution < 1.29 is 23.5 Å². The summed E-state index contributed by atoms with van der Waals surface area (Å²) in [5.41, 5.74) is 3.87. The molecule has 1 atom stereocenters. The standard InChI is InChI=1S/C26H26N2O5/c1-18-5-10-20(11-6-18)22-16-23(24-4-3-15-32-24)28(27-22)25(29)17-33-26(30)14-9-19-7-12-21(31-2)13-8-19/h3-8,10-13,15,23H,9,14,16-17H2,1-2H3. The van der Waals surface area contributed by atoms with Gasteiger partial charge < -0.3 is 13.9 Å². The molecule has 7 nitrogen and oxygen atoms in total. The molecule has 0 fully saturated rings. The van der Waals surface area contributed by atoms with E-state index in [1.54, 1.807) is 19.4 Å². The van der Waals surface area contributed by atoms with Crippen LogP contribution in [0.4, 0.5) is 0 Å². The number of aryl methyl sites for hydroxylation is 2. The van der Waals surface area contributed by atoms with Gasteiger partial charge in [0, 0.05) is 12.8 Å². The lowest BCUT2D eigenvalue weighted by Crippen LogP contribution is -2.31. The number of methoxy groups -OCH3 is 1. The van der Waals surface area contributed by atoms with Gasteiger partial charge in [-0.1, -0.05) is 42.0 Å². The number of hydrogen-bond donors (Lipinski definition) is 0. The van der Waals surface area contributed by atoms with Crippen molar-refractivity contribution in [3.05, 3.63) is 89.4 Å². The zero-order valence-corrected chi connectivity index (χ0v) is 18.7. The Morgan fingerprint density at radius 1 is 1.09 bits per heavy atom. The van der Waals surface area contributed by atoms with Gasteiger partial charge in [-0.2, -0.15) is 5.10 Å². The van der Waals surface area contributed by atoms with E-state index in [1.165, 1.54) is 5.01 Å². The van der Waals surface area contributed by atoms with Crippen molar-refractivity contribution in [1.82, 2.24) is 5.01 Å². The third-order valence-corrected chi connectivity index (χ3v) is 5.56. The van der Waals surface area contributed by atoms with Crippen molar-refractivity contribution in [3.63, 3.8) is 0 Å². The third kappa shape index (κ3) is 5.49. The molecule has 3 aromatic rings. The second-order valence-corrected chi connectivity index (χ2v) is 7.90. The lowest BCUT2D eigenvalue weighted by molar-refractivity contribution is -0.152. The molecular formula is C26H26N2O5. The summed E-state index contributed by atoms with van der Waals surface area (Å²) in [6.45, 7) is 1.65. The maximum atomic E-state index is 12.9. The number of hydrazone groups is 1. The van der Waals surface area contributed by atoms with Crippen molar-refractivity contribution >= 4 is 17.6 Å². The van der Waals surface area contributed by atoms with Crippen molar-refractivity contribution in [2.24, 2.45) is 5.10 Å². The van der Waals surface area contributed by atoms with Crippen LogP contribution in [0.2, 0.25) is 0 Å². The number of ether oxygens (including phenoxy) is 2. The summed E-state index contributed by atoms with van der Waals surface area (Å²) in [6.07, 6.45) is 2.79. The van der Waals surface area contributed by atoms with Crippen LogP contribution in [0.15, 0.2) is 76.4 Å². The number of furan rings is 1. The summed E-state index contributed by atoms with van der Waals surface area (Å²) in [6, 6.07) is 18.7. The van der Waals surface area contributed by atoms with E-state index in [-0.39, 0.29) is 19.1 Å². The van der Waals surface area contributed by atoms with Gasteiger partial charge in [0.25, 0.3) is 5.91 Å². The molecule has 0 saturated carbocycles. The number of benzene rings is 2. The van der Waals surface area contributed by atoms with Gasteiger partial charge in [-0.25, -0.2) is 5.01 Å². The van der Waals surface area contributed by atoms with Gasteiger partial charge in [0.15, 0.2) is 6.61 Å². The van der Waals surface area contributed by atoms with Crippen molar-refractivity contribution in [2.45, 2.75) is 32.2 Å². The van der Waals surface area contributed by atoms with Gasteiger partial charge in [0.2, 0.25) is 0 Å². The first-order valence-corrected chi connectivity index (χ1v) is 10.8. The predicted octanol–water partition coefficient (Wildman–Crippen LogP) is 4.45. The highest BCUT2D eigenvalue weighted by Crippen LogP contribution is 2.33. The van der Waals surface area contributed by atoms with Gasteiger partial charge in [-0.3, -0.25) is 9.59 Å². The largest absolute Gasteiger partial charge is 0.497 e. The van der Waals surface area contributed by atoms with Gasteiger partial charge in [-0.15, -0.1) is 0 Å². The summed E-state index contributed by atoms with van der Waals surface area (Å²) >= 11 is 0.